The summed E-state index contributed by atoms with van der Waals surface area (Å²) in [5, 5.41) is 0.649. The van der Waals surface area contributed by atoms with Crippen molar-refractivity contribution in [2.24, 2.45) is 0 Å². The summed E-state index contributed by atoms with van der Waals surface area (Å²) in [7, 11) is 1.52. The minimum Gasteiger partial charge on any atom is -0.493 e. The molecule has 2 aromatic rings. The highest BCUT2D eigenvalue weighted by molar-refractivity contribution is 6.36. The lowest BCUT2D eigenvalue weighted by Gasteiger charge is -2.14. The Kier molecular flexibility index (Phi) is 6.42. The lowest BCUT2D eigenvalue weighted by Crippen LogP contribution is -2.14. The number of hydrogen-bond donors (Lipinski definition) is 0. The van der Waals surface area contributed by atoms with Crippen LogP contribution in [0.15, 0.2) is 24.5 Å². The van der Waals surface area contributed by atoms with Crippen LogP contribution >= 0.6 is 23.2 Å². The Morgan fingerprint density at radius 3 is 2.61 bits per heavy atom. The molecule has 1 aromatic heterocycles. The minimum absolute atomic E-state index is 0.00504. The molecule has 0 N–H and O–H groups in total. The topological polar surface area (TPSA) is 74.7 Å². The number of carbonyl (C=O) groups is 2. The monoisotopic (exact) mass is 423 g/mol. The van der Waals surface area contributed by atoms with E-state index in [1.54, 1.807) is 19.1 Å². The van der Waals surface area contributed by atoms with Crippen molar-refractivity contribution in [1.29, 1.82) is 0 Å². The van der Waals surface area contributed by atoms with E-state index in [-0.39, 0.29) is 37.1 Å². The molecule has 0 aliphatic carbocycles. The first-order valence-electron chi connectivity index (χ1n) is 8.76. The Balaban J connectivity index is 1.96. The summed E-state index contributed by atoms with van der Waals surface area (Å²) in [6, 6.07) is 3.35. The van der Waals surface area contributed by atoms with Crippen LogP contribution in [-0.2, 0) is 16.0 Å². The van der Waals surface area contributed by atoms with Gasteiger partial charge in [0.15, 0.2) is 17.3 Å². The predicted molar refractivity (Wildman–Crippen MR) is 105 cm³/mol. The quantitative estimate of drug-likeness (QED) is 0.489. The molecule has 0 spiro atoms. The smallest absolute Gasteiger partial charge is 0.306 e. The lowest BCUT2D eigenvalue weighted by atomic mass is 9.89. The molecule has 0 bridgehead atoms. The van der Waals surface area contributed by atoms with Gasteiger partial charge in [-0.05, 0) is 19.1 Å². The number of pyridine rings is 1. The SMILES string of the molecule is CCOC(=O)CC1COc2c(OC)ccc(C(=O)Cc3c(Cl)cncc3Cl)c21. The second kappa shape index (κ2) is 8.80. The second-order valence-corrected chi connectivity index (χ2v) is 7.07. The Morgan fingerprint density at radius 2 is 1.96 bits per heavy atom. The van der Waals surface area contributed by atoms with Gasteiger partial charge in [0.05, 0.1) is 36.8 Å². The Hall–Kier alpha value is -2.31. The van der Waals surface area contributed by atoms with E-state index in [2.05, 4.69) is 4.98 Å². The molecule has 148 valence electrons. The van der Waals surface area contributed by atoms with Crippen molar-refractivity contribution in [2.45, 2.75) is 25.7 Å². The molecule has 6 nitrogen and oxygen atoms in total. The maximum atomic E-state index is 13.1. The number of ether oxygens (including phenoxy) is 3. The highest BCUT2D eigenvalue weighted by Crippen LogP contribution is 2.45. The van der Waals surface area contributed by atoms with Crippen LogP contribution in [0.25, 0.3) is 0 Å². The van der Waals surface area contributed by atoms with Crippen LogP contribution in [0.5, 0.6) is 11.5 Å². The van der Waals surface area contributed by atoms with Gasteiger partial charge in [0.2, 0.25) is 0 Å². The summed E-state index contributed by atoms with van der Waals surface area (Å²) in [4.78, 5) is 29.0. The molecular weight excluding hydrogens is 405 g/mol. The fourth-order valence-corrected chi connectivity index (χ4v) is 3.75. The number of esters is 1. The zero-order valence-electron chi connectivity index (χ0n) is 15.5. The fraction of sp³-hybridized carbons (Fsp3) is 0.350. The molecule has 0 fully saturated rings. The zero-order valence-corrected chi connectivity index (χ0v) is 17.0. The van der Waals surface area contributed by atoms with Gasteiger partial charge in [-0.25, -0.2) is 0 Å². The molecule has 0 radical (unpaired) electrons. The van der Waals surface area contributed by atoms with Gasteiger partial charge >= 0.3 is 5.97 Å². The summed E-state index contributed by atoms with van der Waals surface area (Å²) < 4.78 is 16.2. The molecule has 1 unspecified atom stereocenters. The minimum atomic E-state index is -0.342. The van der Waals surface area contributed by atoms with E-state index in [1.807, 2.05) is 0 Å². The normalized spacial score (nSPS) is 14.9. The summed E-state index contributed by atoms with van der Waals surface area (Å²) in [6.45, 7) is 2.31. The number of Topliss-reactive ketones (excluding diaryl/α,β-unsaturated/α-hetero) is 1. The summed E-state index contributed by atoms with van der Waals surface area (Å²) in [6.07, 6.45) is 3.01. The number of carbonyl (C=O) groups excluding carboxylic acids is 2. The number of nitrogens with zero attached hydrogens (tertiary/aromatic N) is 1. The Bertz CT molecular complexity index is 895. The third-order valence-electron chi connectivity index (χ3n) is 4.53. The number of hydrogen-bond acceptors (Lipinski definition) is 6. The van der Waals surface area contributed by atoms with Crippen LogP contribution in [0.1, 0.15) is 40.7 Å². The van der Waals surface area contributed by atoms with Crippen LogP contribution in [0.4, 0.5) is 0 Å². The average Bonchev–Trinajstić information content (AvgIpc) is 3.08. The van der Waals surface area contributed by atoms with E-state index in [0.717, 1.165) is 0 Å². The van der Waals surface area contributed by atoms with Crippen molar-refractivity contribution >= 4 is 35.0 Å². The van der Waals surface area contributed by atoms with Gasteiger partial charge in [0, 0.05) is 41.4 Å². The number of fused-ring (bicyclic) bond motifs is 1. The van der Waals surface area contributed by atoms with Crippen molar-refractivity contribution in [2.75, 3.05) is 20.3 Å². The summed E-state index contributed by atoms with van der Waals surface area (Å²) in [5.74, 6) is 0.164. The lowest BCUT2D eigenvalue weighted by molar-refractivity contribution is -0.143. The van der Waals surface area contributed by atoms with Gasteiger partial charge < -0.3 is 14.2 Å². The van der Waals surface area contributed by atoms with Crippen LogP contribution in [0, 0.1) is 0 Å². The van der Waals surface area contributed by atoms with Gasteiger partial charge in [-0.1, -0.05) is 23.2 Å². The Morgan fingerprint density at radius 1 is 1.25 bits per heavy atom. The van der Waals surface area contributed by atoms with E-state index in [1.165, 1.54) is 19.5 Å². The van der Waals surface area contributed by atoms with Crippen molar-refractivity contribution in [3.8, 4) is 11.5 Å². The Labute approximate surface area is 172 Å². The largest absolute Gasteiger partial charge is 0.493 e. The number of methoxy groups -OCH3 is 1. The third-order valence-corrected chi connectivity index (χ3v) is 5.18. The molecular formula is C20H19Cl2NO5. The summed E-state index contributed by atoms with van der Waals surface area (Å²) in [5.41, 5.74) is 1.61. The molecule has 1 aliphatic rings. The van der Waals surface area contributed by atoms with Crippen molar-refractivity contribution in [3.05, 3.63) is 51.3 Å². The highest BCUT2D eigenvalue weighted by atomic mass is 35.5. The molecule has 8 heteroatoms. The van der Waals surface area contributed by atoms with Crippen molar-refractivity contribution in [1.82, 2.24) is 4.98 Å². The number of benzene rings is 1. The fourth-order valence-electron chi connectivity index (χ4n) is 3.25. The van der Waals surface area contributed by atoms with Crippen LogP contribution < -0.4 is 9.47 Å². The van der Waals surface area contributed by atoms with Crippen molar-refractivity contribution in [3.63, 3.8) is 0 Å². The van der Waals surface area contributed by atoms with Crippen LogP contribution in [-0.4, -0.2) is 37.1 Å². The van der Waals surface area contributed by atoms with Gasteiger partial charge in [0.1, 0.15) is 0 Å². The highest BCUT2D eigenvalue weighted by Gasteiger charge is 2.34. The number of ketones is 1. The van der Waals surface area contributed by atoms with E-state index >= 15 is 0 Å². The van der Waals surface area contributed by atoms with E-state index < -0.39 is 0 Å². The molecule has 1 atom stereocenters. The first kappa shape index (κ1) is 20.4. The van der Waals surface area contributed by atoms with Gasteiger partial charge in [0.25, 0.3) is 0 Å². The van der Waals surface area contributed by atoms with E-state index in [9.17, 15) is 9.59 Å². The molecule has 3 rings (SSSR count). The summed E-state index contributed by atoms with van der Waals surface area (Å²) >= 11 is 12.3. The third kappa shape index (κ3) is 4.08. The zero-order chi connectivity index (χ0) is 20.3. The average molecular weight is 424 g/mol. The van der Waals surface area contributed by atoms with E-state index in [0.29, 0.717) is 44.8 Å². The maximum absolute atomic E-state index is 13.1. The predicted octanol–water partition coefficient (Wildman–Crippen LogP) is 4.25. The van der Waals surface area contributed by atoms with E-state index in [4.69, 9.17) is 37.4 Å². The number of rotatable bonds is 7. The van der Waals surface area contributed by atoms with Crippen molar-refractivity contribution < 1.29 is 23.8 Å². The number of aromatic nitrogens is 1. The molecule has 0 amide bonds. The van der Waals surface area contributed by atoms with Gasteiger partial charge in [-0.2, -0.15) is 0 Å². The molecule has 1 aliphatic heterocycles. The first-order valence-corrected chi connectivity index (χ1v) is 9.52. The molecule has 1 aromatic carbocycles. The second-order valence-electron chi connectivity index (χ2n) is 6.26. The van der Waals surface area contributed by atoms with Crippen LogP contribution in [0.2, 0.25) is 10.0 Å². The van der Waals surface area contributed by atoms with Gasteiger partial charge in [-0.15, -0.1) is 0 Å². The maximum Gasteiger partial charge on any atom is 0.306 e. The molecule has 0 saturated heterocycles. The number of halogens is 2. The standard InChI is InChI=1S/C20H19Cl2NO5/c1-3-27-18(25)6-11-10-28-20-17(26-2)5-4-12(19(11)20)16(24)7-13-14(21)8-23-9-15(13)22/h4-5,8-9,11H,3,6-7,10H2,1-2H3. The van der Waals surface area contributed by atoms with Crippen LogP contribution in [0.3, 0.4) is 0 Å². The molecule has 28 heavy (non-hydrogen) atoms. The van der Waals surface area contributed by atoms with Gasteiger partial charge in [-0.3, -0.25) is 14.6 Å². The molecule has 0 saturated carbocycles. The molecule has 2 heterocycles. The first-order chi connectivity index (χ1) is 13.5.